The van der Waals surface area contributed by atoms with Gasteiger partial charge in [0.25, 0.3) is 0 Å². The molecule has 14 heavy (non-hydrogen) atoms. The van der Waals surface area contributed by atoms with Gasteiger partial charge in [0.1, 0.15) is 5.76 Å². The molecule has 0 bridgehead atoms. The zero-order valence-corrected chi connectivity index (χ0v) is 9.96. The van der Waals surface area contributed by atoms with Crippen LogP contribution in [0.4, 0.5) is 0 Å². The number of hydrogen-bond acceptors (Lipinski definition) is 3. The van der Waals surface area contributed by atoms with Crippen molar-refractivity contribution in [2.45, 2.75) is 33.1 Å². The van der Waals surface area contributed by atoms with E-state index in [0.717, 1.165) is 12.8 Å². The molecule has 0 saturated carbocycles. The molecule has 0 amide bonds. The minimum absolute atomic E-state index is 0. The van der Waals surface area contributed by atoms with Crippen molar-refractivity contribution in [3.63, 3.8) is 0 Å². The Balaban J connectivity index is 0. The molecule has 0 aliphatic carbocycles. The molecular weight excluding hydrogens is 275 g/mol. The van der Waals surface area contributed by atoms with Crippen LogP contribution in [0.2, 0.25) is 0 Å². The van der Waals surface area contributed by atoms with Crippen LogP contribution in [-0.2, 0) is 19.5 Å². The van der Waals surface area contributed by atoms with Gasteiger partial charge in [0.15, 0.2) is 0 Å². The van der Waals surface area contributed by atoms with E-state index < -0.39 is 0 Å². The molecule has 1 heterocycles. The third-order valence-electron chi connectivity index (χ3n) is 1.26. The summed E-state index contributed by atoms with van der Waals surface area (Å²) in [5.74, 6) is 0.426. The number of unbranched alkanes of at least 4 members (excludes halogenated alkanes) is 1. The van der Waals surface area contributed by atoms with E-state index in [2.05, 4.69) is 16.1 Å². The first-order valence-electron chi connectivity index (χ1n) is 4.22. The molecule has 0 saturated heterocycles. The Labute approximate surface area is 96.0 Å². The maximum atomic E-state index is 9.03. The van der Waals surface area contributed by atoms with E-state index in [1.807, 2.05) is 0 Å². The van der Waals surface area contributed by atoms with Gasteiger partial charge in [-0.1, -0.05) is 13.3 Å². The van der Waals surface area contributed by atoms with Crippen molar-refractivity contribution in [3.05, 3.63) is 18.3 Å². The summed E-state index contributed by atoms with van der Waals surface area (Å²) in [5.41, 5.74) is 0. The van der Waals surface area contributed by atoms with Crippen molar-refractivity contribution in [2.75, 3.05) is 0 Å². The van der Waals surface area contributed by atoms with E-state index in [1.165, 1.54) is 12.5 Å². The van der Waals surface area contributed by atoms with Gasteiger partial charge in [-0.05, 0) is 6.42 Å². The molecule has 1 aromatic rings. The quantitative estimate of drug-likeness (QED) is 0.232. The van der Waals surface area contributed by atoms with Gasteiger partial charge < -0.3 is 14.3 Å². The van der Waals surface area contributed by atoms with E-state index in [1.54, 1.807) is 6.92 Å². The number of hydrogen-bond donors (Lipinski definition) is 1. The molecule has 0 aliphatic heterocycles. The molecule has 1 aromatic heterocycles. The average Bonchev–Trinajstić information content (AvgIpc) is 2.84. The number of ketones is 1. The number of allylic oxidation sites excluding steroid dienone is 2. The summed E-state index contributed by atoms with van der Waals surface area (Å²) in [5, 5.41) is 9.03. The fourth-order valence-electron chi connectivity index (χ4n) is 0.671. The summed E-state index contributed by atoms with van der Waals surface area (Å²) in [6.07, 6.45) is 4.07. The Morgan fingerprint density at radius 2 is 2.00 bits per heavy atom. The SMILES string of the molecule is CCCC/C(O)=C/C(C)=[OH+].[Rh].[cH-]1oo1. The van der Waals surface area contributed by atoms with Gasteiger partial charge in [-0.25, -0.2) is 0 Å². The van der Waals surface area contributed by atoms with Crippen LogP contribution in [0.5, 0.6) is 0 Å². The third-order valence-corrected chi connectivity index (χ3v) is 1.26. The molecule has 5 heteroatoms. The monoisotopic (exact) mass is 291 g/mol. The maximum absolute atomic E-state index is 9.03. The normalized spacial score (nSPS) is 10.0. The standard InChI is InChI=1S/C8H14O2.CHO2.Rh/c1-3-4-5-8(10)6-7(2)9;1-2-3-1;/h6,10H,3-5H2,1-2H3;1H;/q;-1;/p+1/b8-6-;;. The van der Waals surface area contributed by atoms with E-state index in [9.17, 15) is 0 Å². The van der Waals surface area contributed by atoms with E-state index >= 15 is 0 Å². The summed E-state index contributed by atoms with van der Waals surface area (Å²) < 4.78 is 7.75. The van der Waals surface area contributed by atoms with Crippen molar-refractivity contribution in [1.29, 1.82) is 0 Å². The number of aliphatic hydroxyl groups excluding tert-OH is 1. The van der Waals surface area contributed by atoms with Gasteiger partial charge in [-0.15, -0.1) is 0 Å². The van der Waals surface area contributed by atoms with Gasteiger partial charge in [-0.2, -0.15) is 0 Å². The summed E-state index contributed by atoms with van der Waals surface area (Å²) in [6, 6.07) is 0. The Kier molecular flexibility index (Phi) is 11.7. The Bertz CT molecular complexity index is 219. The van der Waals surface area contributed by atoms with Crippen LogP contribution in [0.3, 0.4) is 0 Å². The molecule has 2 N–H and O–H groups in total. The van der Waals surface area contributed by atoms with E-state index in [4.69, 9.17) is 9.90 Å². The topological polar surface area (TPSA) is 67.9 Å². The molecule has 1 rings (SSSR count). The van der Waals surface area contributed by atoms with Gasteiger partial charge in [-0.3, -0.25) is 4.79 Å². The first kappa shape index (κ1) is 15.8. The zero-order chi connectivity index (χ0) is 10.1. The molecule has 4 nitrogen and oxygen atoms in total. The van der Waals surface area contributed by atoms with Gasteiger partial charge >= 0.3 is 5.78 Å². The second-order valence-electron chi connectivity index (χ2n) is 2.67. The van der Waals surface area contributed by atoms with Crippen molar-refractivity contribution in [3.8, 4) is 0 Å². The Hall–Kier alpha value is -0.697. The average molecular weight is 291 g/mol. The predicted molar refractivity (Wildman–Crippen MR) is 49.4 cm³/mol. The fourth-order valence-corrected chi connectivity index (χ4v) is 0.671. The molecule has 0 spiro atoms. The second-order valence-corrected chi connectivity index (χ2v) is 2.67. The van der Waals surface area contributed by atoms with Crippen LogP contribution in [0.15, 0.2) is 27.4 Å². The molecule has 0 atom stereocenters. The van der Waals surface area contributed by atoms with Crippen LogP contribution in [-0.4, -0.2) is 15.7 Å². The molecule has 0 fully saturated rings. The first-order chi connectivity index (χ1) is 6.16. The zero-order valence-electron chi connectivity index (χ0n) is 8.32. The largest absolute Gasteiger partial charge is 0.512 e. The van der Waals surface area contributed by atoms with Crippen LogP contribution < -0.4 is 0 Å². The maximum Gasteiger partial charge on any atom is 0.316 e. The Morgan fingerprint density at radius 3 is 2.29 bits per heavy atom. The van der Waals surface area contributed by atoms with Gasteiger partial charge in [0.05, 0.1) is 13.0 Å². The molecule has 0 aromatic carbocycles. The van der Waals surface area contributed by atoms with Gasteiger partial charge in [0.2, 0.25) is 0 Å². The summed E-state index contributed by atoms with van der Waals surface area (Å²) in [7, 11) is 0. The number of rotatable bonds is 4. The summed E-state index contributed by atoms with van der Waals surface area (Å²) in [4.78, 5) is 8.70. The van der Waals surface area contributed by atoms with E-state index in [-0.39, 0.29) is 31.0 Å². The number of carbonyl (C=O) groups excluding carboxylic acids is 1. The van der Waals surface area contributed by atoms with Crippen molar-refractivity contribution in [1.82, 2.24) is 0 Å². The molecule has 0 aliphatic rings. The molecule has 1 radical (unpaired) electrons. The minimum atomic E-state index is 0. The first-order valence-corrected chi connectivity index (χ1v) is 4.22. The van der Waals surface area contributed by atoms with Crippen molar-refractivity contribution in [2.24, 2.45) is 0 Å². The van der Waals surface area contributed by atoms with Gasteiger partial charge in [0, 0.05) is 32.4 Å². The predicted octanol–water partition coefficient (Wildman–Crippen LogP) is 2.77. The van der Waals surface area contributed by atoms with Crippen LogP contribution in [0.25, 0.3) is 0 Å². The van der Waals surface area contributed by atoms with Crippen LogP contribution in [0.1, 0.15) is 33.1 Å². The molecule has 85 valence electrons. The van der Waals surface area contributed by atoms with Crippen LogP contribution in [0, 0.1) is 0 Å². The van der Waals surface area contributed by atoms with Crippen molar-refractivity contribution >= 4 is 5.78 Å². The van der Waals surface area contributed by atoms with E-state index in [0.29, 0.717) is 6.42 Å². The third kappa shape index (κ3) is 17.4. The molecule has 0 unspecified atom stereocenters. The Morgan fingerprint density at radius 1 is 1.50 bits per heavy atom. The molecular formula is C9H16O4Rh. The second kappa shape index (κ2) is 10.4. The smallest absolute Gasteiger partial charge is 0.316 e. The van der Waals surface area contributed by atoms with Crippen LogP contribution >= 0.6 is 0 Å². The van der Waals surface area contributed by atoms with Crippen molar-refractivity contribution < 1.29 is 38.5 Å². The summed E-state index contributed by atoms with van der Waals surface area (Å²) in [6.45, 7) is 4.85. The fraction of sp³-hybridized carbons (Fsp3) is 0.556. The minimum Gasteiger partial charge on any atom is -0.512 e. The summed E-state index contributed by atoms with van der Waals surface area (Å²) >= 11 is 0. The number of aliphatic hydroxyl groups is 1.